The van der Waals surface area contributed by atoms with Gasteiger partial charge in [0.05, 0.1) is 29.5 Å². The first-order chi connectivity index (χ1) is 18.8. The number of aliphatic hydroxyl groups is 1. The molecule has 3 aromatic rings. The Labute approximate surface area is 233 Å². The SMILES string of the molecule is CO/N=C(\C(=O)N[C@@H]1C(=O)N2C(C(=O)[O-])=C(C[n+]3ccn4c(SCCO)ccc4c3)CS[C@@H]12)c1nsc(N)n1. The van der Waals surface area contributed by atoms with Gasteiger partial charge in [-0.05, 0) is 12.1 Å². The smallest absolute Gasteiger partial charge is 0.278 e. The third-order valence-electron chi connectivity index (χ3n) is 5.91. The summed E-state index contributed by atoms with van der Waals surface area (Å²) in [5, 5.41) is 27.9. The first-order valence-electron chi connectivity index (χ1n) is 11.5. The van der Waals surface area contributed by atoms with Crippen LogP contribution in [0.3, 0.4) is 0 Å². The number of hydrogen-bond acceptors (Lipinski definition) is 13. The predicted molar refractivity (Wildman–Crippen MR) is 140 cm³/mol. The normalized spacial score (nSPS) is 19.2. The minimum Gasteiger partial charge on any atom is -0.543 e. The highest BCUT2D eigenvalue weighted by Crippen LogP contribution is 2.40. The van der Waals surface area contributed by atoms with Gasteiger partial charge in [-0.25, -0.2) is 0 Å². The summed E-state index contributed by atoms with van der Waals surface area (Å²) < 4.78 is 7.75. The highest BCUT2D eigenvalue weighted by molar-refractivity contribution is 8.00. The van der Waals surface area contributed by atoms with Crippen molar-refractivity contribution in [2.45, 2.75) is 23.0 Å². The molecule has 0 spiro atoms. The van der Waals surface area contributed by atoms with Gasteiger partial charge in [-0.3, -0.25) is 14.5 Å². The molecule has 2 aliphatic heterocycles. The van der Waals surface area contributed by atoms with Crippen LogP contribution in [0, 0.1) is 0 Å². The molecule has 0 unspecified atom stereocenters. The van der Waals surface area contributed by atoms with E-state index in [1.165, 1.54) is 30.6 Å². The highest BCUT2D eigenvalue weighted by Gasteiger charge is 2.53. The second-order valence-electron chi connectivity index (χ2n) is 8.32. The van der Waals surface area contributed by atoms with Crippen LogP contribution < -0.4 is 20.7 Å². The van der Waals surface area contributed by atoms with Gasteiger partial charge in [-0.2, -0.15) is 13.9 Å². The standard InChI is InChI=1S/C22H22N8O6S3/c1-36-26-14(17-25-22(23)39-27-17)18(32)24-15-19(33)30-16(21(34)35)11(10-38-20(15)30)8-28-4-5-29-12(9-28)2-3-13(29)37-7-6-31/h2-5,9,15,20,31H,6-8,10H2,1H3,(H3-,23,24,25,27,32,34,35)/b26-14-/t15-,20+/m1/s1. The van der Waals surface area contributed by atoms with Crippen molar-refractivity contribution in [3.63, 3.8) is 0 Å². The number of amides is 2. The van der Waals surface area contributed by atoms with Crippen molar-refractivity contribution in [3.05, 3.63) is 47.8 Å². The number of aliphatic carboxylic acids is 1. The number of fused-ring (bicyclic) bond motifs is 2. The van der Waals surface area contributed by atoms with E-state index in [1.807, 2.05) is 39.7 Å². The van der Waals surface area contributed by atoms with E-state index in [4.69, 9.17) is 15.7 Å². The molecule has 0 aromatic carbocycles. The maximum Gasteiger partial charge on any atom is 0.278 e. The molecule has 5 heterocycles. The number of nitrogens with zero attached hydrogens (tertiary/aromatic N) is 6. The molecule has 17 heteroatoms. The van der Waals surface area contributed by atoms with Gasteiger partial charge in [0.1, 0.15) is 24.0 Å². The number of carboxylic acid groups (broad SMARTS) is 1. The number of carbonyl (C=O) groups is 3. The molecule has 2 atom stereocenters. The van der Waals surface area contributed by atoms with E-state index in [2.05, 4.69) is 19.8 Å². The van der Waals surface area contributed by atoms with Crippen LogP contribution in [-0.2, 0) is 25.8 Å². The summed E-state index contributed by atoms with van der Waals surface area (Å²) in [4.78, 5) is 47.9. The summed E-state index contributed by atoms with van der Waals surface area (Å²) in [6.07, 6.45) is 5.54. The first-order valence-corrected chi connectivity index (χ1v) is 14.3. The maximum absolute atomic E-state index is 13.1. The molecule has 0 saturated carbocycles. The first kappa shape index (κ1) is 26.9. The molecule has 204 valence electrons. The molecule has 4 N–H and O–H groups in total. The highest BCUT2D eigenvalue weighted by atomic mass is 32.2. The van der Waals surface area contributed by atoms with Crippen LogP contribution in [0.5, 0.6) is 0 Å². The molecule has 0 bridgehead atoms. The molecular formula is C22H22N8O6S3. The number of carbonyl (C=O) groups excluding carboxylic acids is 3. The molecular weight excluding hydrogens is 568 g/mol. The number of aliphatic hydroxyl groups excluding tert-OH is 1. The zero-order valence-electron chi connectivity index (χ0n) is 20.3. The summed E-state index contributed by atoms with van der Waals surface area (Å²) in [5.41, 5.74) is 6.53. The topological polar surface area (TPSA) is 191 Å². The van der Waals surface area contributed by atoms with Crippen LogP contribution >= 0.6 is 35.1 Å². The third-order valence-corrected chi connectivity index (χ3v) is 8.81. The number of thioether (sulfide) groups is 2. The summed E-state index contributed by atoms with van der Waals surface area (Å²) in [5.74, 6) is -1.98. The molecule has 0 radical (unpaired) electrons. The Morgan fingerprint density at radius 3 is 2.95 bits per heavy atom. The van der Waals surface area contributed by atoms with Crippen LogP contribution in [0.15, 0.2) is 52.2 Å². The van der Waals surface area contributed by atoms with Gasteiger partial charge in [-0.1, -0.05) is 5.16 Å². The summed E-state index contributed by atoms with van der Waals surface area (Å²) in [7, 11) is 1.25. The molecule has 5 rings (SSSR count). The molecule has 1 fully saturated rings. The molecule has 14 nitrogen and oxygen atoms in total. The van der Waals surface area contributed by atoms with Crippen molar-refractivity contribution in [3.8, 4) is 0 Å². The lowest BCUT2D eigenvalue weighted by atomic mass is 10.0. The zero-order valence-corrected chi connectivity index (χ0v) is 22.8. The quantitative estimate of drug-likeness (QED) is 0.0793. The maximum atomic E-state index is 13.1. The van der Waals surface area contributed by atoms with Crippen LogP contribution in [0.2, 0.25) is 0 Å². The van der Waals surface area contributed by atoms with E-state index in [1.54, 1.807) is 0 Å². The number of nitrogen functional groups attached to an aromatic ring is 1. The second kappa shape index (κ2) is 11.2. The number of nitrogens with two attached hydrogens (primary N) is 1. The molecule has 1 saturated heterocycles. The molecule has 39 heavy (non-hydrogen) atoms. The predicted octanol–water partition coefficient (Wildman–Crippen LogP) is -1.80. The van der Waals surface area contributed by atoms with E-state index in [9.17, 15) is 19.5 Å². The lowest BCUT2D eigenvalue weighted by Gasteiger charge is -2.50. The van der Waals surface area contributed by atoms with Crippen molar-refractivity contribution in [1.29, 1.82) is 0 Å². The monoisotopic (exact) mass is 590 g/mol. The summed E-state index contributed by atoms with van der Waals surface area (Å²) in [6, 6.07) is 2.89. The Morgan fingerprint density at radius 2 is 2.26 bits per heavy atom. The third kappa shape index (κ3) is 5.17. The zero-order chi connectivity index (χ0) is 27.7. The lowest BCUT2D eigenvalue weighted by molar-refractivity contribution is -0.688. The van der Waals surface area contributed by atoms with E-state index in [0.717, 1.165) is 27.0 Å². The van der Waals surface area contributed by atoms with Gasteiger partial charge < -0.3 is 35.3 Å². The van der Waals surface area contributed by atoms with Crippen molar-refractivity contribution in [1.82, 2.24) is 24.0 Å². The van der Waals surface area contributed by atoms with Crippen LogP contribution in [0.25, 0.3) is 5.52 Å². The Hall–Kier alpha value is -3.67. The minimum absolute atomic E-state index is 0.0505. The fraction of sp³-hybridized carbons (Fsp3) is 0.318. The number of aromatic nitrogens is 4. The van der Waals surface area contributed by atoms with E-state index >= 15 is 0 Å². The van der Waals surface area contributed by atoms with Crippen molar-refractivity contribution >= 4 is 69.2 Å². The fourth-order valence-corrected chi connectivity index (χ4v) is 6.81. The number of carboxylic acids is 1. The number of nitrogens with one attached hydrogen (secondary N) is 1. The number of hydrogen-bond donors (Lipinski definition) is 3. The Bertz CT molecular complexity index is 1520. The Morgan fingerprint density at radius 1 is 1.44 bits per heavy atom. The molecule has 0 aliphatic carbocycles. The van der Waals surface area contributed by atoms with Crippen LogP contribution in [0.1, 0.15) is 5.82 Å². The Balaban J connectivity index is 1.33. The largest absolute Gasteiger partial charge is 0.543 e. The van der Waals surface area contributed by atoms with Gasteiger partial charge in [0.15, 0.2) is 24.1 Å². The van der Waals surface area contributed by atoms with Crippen molar-refractivity contribution in [2.75, 3.05) is 31.0 Å². The number of β-lactam (4-membered cyclic amide) rings is 1. The van der Waals surface area contributed by atoms with E-state index < -0.39 is 29.2 Å². The van der Waals surface area contributed by atoms with Crippen molar-refractivity contribution < 1.29 is 34.0 Å². The number of rotatable bonds is 10. The van der Waals surface area contributed by atoms with Crippen molar-refractivity contribution in [2.24, 2.45) is 5.16 Å². The summed E-state index contributed by atoms with van der Waals surface area (Å²) in [6.45, 7) is 0.301. The number of oxime groups is 1. The molecule has 2 amide bonds. The average molecular weight is 591 g/mol. The van der Waals surface area contributed by atoms with E-state index in [0.29, 0.717) is 17.1 Å². The Kier molecular flexibility index (Phi) is 7.74. The second-order valence-corrected chi connectivity index (χ2v) is 11.3. The lowest BCUT2D eigenvalue weighted by Crippen LogP contribution is -2.71. The molecule has 2 aliphatic rings. The van der Waals surface area contributed by atoms with Gasteiger partial charge in [0.25, 0.3) is 11.8 Å². The van der Waals surface area contributed by atoms with Gasteiger partial charge in [-0.15, -0.1) is 23.5 Å². The summed E-state index contributed by atoms with van der Waals surface area (Å²) >= 11 is 3.73. The molecule has 3 aromatic heterocycles. The van der Waals surface area contributed by atoms with Gasteiger partial charge >= 0.3 is 0 Å². The van der Waals surface area contributed by atoms with Gasteiger partial charge in [0.2, 0.25) is 11.5 Å². The number of anilines is 1. The van der Waals surface area contributed by atoms with E-state index in [-0.39, 0.29) is 35.5 Å². The van der Waals surface area contributed by atoms with Gasteiger partial charge in [0, 0.05) is 28.6 Å². The minimum atomic E-state index is -1.47. The fourth-order valence-electron chi connectivity index (χ4n) is 4.27. The van der Waals surface area contributed by atoms with Crippen LogP contribution in [0.4, 0.5) is 5.13 Å². The van der Waals surface area contributed by atoms with Crippen LogP contribution in [-0.4, -0.2) is 83.9 Å². The average Bonchev–Trinajstić information content (AvgIpc) is 3.54.